The van der Waals surface area contributed by atoms with Crippen molar-refractivity contribution in [3.8, 4) is 5.75 Å². The van der Waals surface area contributed by atoms with E-state index in [0.29, 0.717) is 11.3 Å². The van der Waals surface area contributed by atoms with E-state index in [1.807, 2.05) is 0 Å². The average Bonchev–Trinajstić information content (AvgIpc) is 2.36. The lowest BCUT2D eigenvalue weighted by atomic mass is 10.0. The van der Waals surface area contributed by atoms with Crippen molar-refractivity contribution in [1.82, 2.24) is 0 Å². The number of halogens is 1. The molecule has 0 saturated heterocycles. The molecular weight excluding hydrogens is 300 g/mol. The highest BCUT2D eigenvalue weighted by Crippen LogP contribution is 2.25. The molecule has 98 valence electrons. The maximum absolute atomic E-state index is 12.0. The smallest absolute Gasteiger partial charge is 0.342 e. The zero-order valence-electron chi connectivity index (χ0n) is 10.5. The van der Waals surface area contributed by atoms with Gasteiger partial charge in [0.2, 0.25) is 0 Å². The Morgan fingerprint density at radius 3 is 2.56 bits per heavy atom. The number of hydrogen-bond acceptors (Lipinski definition) is 4. The molecule has 1 aromatic carbocycles. The zero-order valence-corrected chi connectivity index (χ0v) is 12.1. The quantitative estimate of drug-likeness (QED) is 0.476. The van der Waals surface area contributed by atoms with Crippen LogP contribution in [0, 0.1) is 0 Å². The second kappa shape index (κ2) is 6.54. The van der Waals surface area contributed by atoms with Crippen LogP contribution in [0.25, 0.3) is 0 Å². The number of ether oxygens (including phenoxy) is 2. The first-order chi connectivity index (χ1) is 8.52. The fraction of sp³-hybridized carbons (Fsp3) is 0.385. The number of benzene rings is 1. The first-order valence-corrected chi connectivity index (χ1v) is 6.46. The maximum Gasteiger partial charge on any atom is 0.342 e. The van der Waals surface area contributed by atoms with Crippen molar-refractivity contribution in [3.05, 3.63) is 29.3 Å². The number of ketones is 1. The number of Topliss-reactive ketones (excluding diaryl/α,β-unsaturated/α-hetero) is 1. The van der Waals surface area contributed by atoms with Crippen LogP contribution in [0.5, 0.6) is 5.75 Å². The van der Waals surface area contributed by atoms with Gasteiger partial charge in [0, 0.05) is 5.56 Å². The summed E-state index contributed by atoms with van der Waals surface area (Å²) >= 11 is 3.20. The molecule has 0 saturated carbocycles. The van der Waals surface area contributed by atoms with Gasteiger partial charge in [-0.3, -0.25) is 4.79 Å². The summed E-state index contributed by atoms with van der Waals surface area (Å²) in [6, 6.07) is 4.89. The average molecular weight is 315 g/mol. The Hall–Kier alpha value is -1.36. The molecular formula is C13H15BrO4. The highest BCUT2D eigenvalue weighted by atomic mass is 79.9. The van der Waals surface area contributed by atoms with E-state index in [1.165, 1.54) is 7.11 Å². The summed E-state index contributed by atoms with van der Waals surface area (Å²) in [4.78, 5) is 23.6. The van der Waals surface area contributed by atoms with E-state index in [9.17, 15) is 9.59 Å². The van der Waals surface area contributed by atoms with Crippen LogP contribution in [0.15, 0.2) is 18.2 Å². The van der Waals surface area contributed by atoms with E-state index in [-0.39, 0.29) is 22.8 Å². The van der Waals surface area contributed by atoms with E-state index >= 15 is 0 Å². The summed E-state index contributed by atoms with van der Waals surface area (Å²) in [5.74, 6) is -0.393. The summed E-state index contributed by atoms with van der Waals surface area (Å²) in [7, 11) is 1.45. The number of carbonyl (C=O) groups excluding carboxylic acids is 2. The molecule has 1 rings (SSSR count). The second-order valence-electron chi connectivity index (χ2n) is 3.58. The van der Waals surface area contributed by atoms with Crippen LogP contribution in [-0.2, 0) is 4.74 Å². The van der Waals surface area contributed by atoms with Crippen molar-refractivity contribution in [3.63, 3.8) is 0 Å². The highest BCUT2D eigenvalue weighted by molar-refractivity contribution is 9.10. The molecule has 0 fully saturated rings. The van der Waals surface area contributed by atoms with Gasteiger partial charge in [-0.05, 0) is 19.9 Å². The summed E-state index contributed by atoms with van der Waals surface area (Å²) in [5, 5.41) is 0. The van der Waals surface area contributed by atoms with E-state index in [0.717, 1.165) is 0 Å². The summed E-state index contributed by atoms with van der Waals surface area (Å²) in [6.45, 7) is 3.66. The lowest BCUT2D eigenvalue weighted by Crippen LogP contribution is -2.17. The molecule has 0 aliphatic heterocycles. The third-order valence-electron chi connectivity index (χ3n) is 2.35. The fourth-order valence-electron chi connectivity index (χ4n) is 1.53. The summed E-state index contributed by atoms with van der Waals surface area (Å²) in [6.07, 6.45) is 0. The first kappa shape index (κ1) is 14.7. The molecule has 0 aromatic heterocycles. The van der Waals surface area contributed by atoms with E-state index < -0.39 is 5.97 Å². The third-order valence-corrected chi connectivity index (χ3v) is 2.77. The van der Waals surface area contributed by atoms with E-state index in [2.05, 4.69) is 15.9 Å². The molecule has 0 heterocycles. The molecule has 0 bridgehead atoms. The molecule has 0 aliphatic rings. The lowest BCUT2D eigenvalue weighted by molar-refractivity contribution is 0.0519. The van der Waals surface area contributed by atoms with Crippen molar-refractivity contribution in [1.29, 1.82) is 0 Å². The van der Waals surface area contributed by atoms with Crippen molar-refractivity contribution in [2.24, 2.45) is 0 Å². The number of esters is 1. The van der Waals surface area contributed by atoms with Crippen LogP contribution in [0.1, 0.15) is 34.6 Å². The summed E-state index contributed by atoms with van der Waals surface area (Å²) in [5.41, 5.74) is 0.482. The largest absolute Gasteiger partial charge is 0.496 e. The first-order valence-electron chi connectivity index (χ1n) is 5.55. The van der Waals surface area contributed by atoms with E-state index in [4.69, 9.17) is 9.47 Å². The molecule has 5 heteroatoms. The van der Waals surface area contributed by atoms with Gasteiger partial charge in [-0.1, -0.05) is 28.1 Å². The number of alkyl halides is 1. The minimum Gasteiger partial charge on any atom is -0.496 e. The van der Waals surface area contributed by atoms with Gasteiger partial charge in [0.15, 0.2) is 5.78 Å². The van der Waals surface area contributed by atoms with Crippen molar-refractivity contribution in [2.75, 3.05) is 13.7 Å². The van der Waals surface area contributed by atoms with Crippen LogP contribution in [0.4, 0.5) is 0 Å². The molecule has 1 aromatic rings. The van der Waals surface area contributed by atoms with Gasteiger partial charge >= 0.3 is 5.97 Å². The molecule has 0 aliphatic carbocycles. The predicted octanol–water partition coefficient (Wildman–Crippen LogP) is 2.84. The highest BCUT2D eigenvalue weighted by Gasteiger charge is 2.24. The molecule has 1 unspecified atom stereocenters. The normalized spacial score (nSPS) is 11.8. The van der Waals surface area contributed by atoms with Gasteiger partial charge in [-0.2, -0.15) is 0 Å². The molecule has 1 atom stereocenters. The van der Waals surface area contributed by atoms with Crippen LogP contribution in [-0.4, -0.2) is 30.3 Å². The Balaban J connectivity index is 3.33. The van der Waals surface area contributed by atoms with Crippen LogP contribution >= 0.6 is 15.9 Å². The Labute approximate surface area is 114 Å². The Morgan fingerprint density at radius 2 is 2.06 bits per heavy atom. The van der Waals surface area contributed by atoms with Crippen LogP contribution in [0.2, 0.25) is 0 Å². The van der Waals surface area contributed by atoms with Gasteiger partial charge in [-0.15, -0.1) is 0 Å². The van der Waals surface area contributed by atoms with Gasteiger partial charge in [0.1, 0.15) is 11.3 Å². The van der Waals surface area contributed by atoms with Crippen molar-refractivity contribution in [2.45, 2.75) is 18.7 Å². The molecule has 4 nitrogen and oxygen atoms in total. The van der Waals surface area contributed by atoms with Crippen molar-refractivity contribution < 1.29 is 19.1 Å². The van der Waals surface area contributed by atoms with Gasteiger partial charge in [0.05, 0.1) is 18.5 Å². The van der Waals surface area contributed by atoms with Gasteiger partial charge in [-0.25, -0.2) is 4.79 Å². The SMILES string of the molecule is CCOC(=O)c1c(OC)cccc1C(=O)C(C)Br. The Bertz CT molecular complexity index is 454. The minimum absolute atomic E-state index is 0.179. The molecule has 0 spiro atoms. The van der Waals surface area contributed by atoms with Gasteiger partial charge < -0.3 is 9.47 Å². The Kier molecular flexibility index (Phi) is 5.34. The molecule has 0 radical (unpaired) electrons. The van der Waals surface area contributed by atoms with Crippen LogP contribution in [0.3, 0.4) is 0 Å². The standard InChI is InChI=1S/C13H15BrO4/c1-4-18-13(16)11-9(12(15)8(2)14)6-5-7-10(11)17-3/h5-8H,4H2,1-3H3. The van der Waals surface area contributed by atoms with E-state index in [1.54, 1.807) is 32.0 Å². The number of hydrogen-bond donors (Lipinski definition) is 0. The molecule has 0 N–H and O–H groups in total. The minimum atomic E-state index is -0.550. The molecule has 18 heavy (non-hydrogen) atoms. The fourth-order valence-corrected chi connectivity index (χ4v) is 1.78. The second-order valence-corrected chi connectivity index (χ2v) is 4.96. The zero-order chi connectivity index (χ0) is 13.7. The van der Waals surface area contributed by atoms with Gasteiger partial charge in [0.25, 0.3) is 0 Å². The molecule has 0 amide bonds. The third kappa shape index (κ3) is 3.10. The Morgan fingerprint density at radius 1 is 1.39 bits per heavy atom. The monoisotopic (exact) mass is 314 g/mol. The number of rotatable bonds is 5. The number of methoxy groups -OCH3 is 1. The maximum atomic E-state index is 12.0. The van der Waals surface area contributed by atoms with Crippen molar-refractivity contribution >= 4 is 27.7 Å². The predicted molar refractivity (Wildman–Crippen MR) is 71.7 cm³/mol. The lowest BCUT2D eigenvalue weighted by Gasteiger charge is -2.12. The number of carbonyl (C=O) groups is 2. The summed E-state index contributed by atoms with van der Waals surface area (Å²) < 4.78 is 10.1. The van der Waals surface area contributed by atoms with Crippen LogP contribution < -0.4 is 4.74 Å². The topological polar surface area (TPSA) is 52.6 Å².